The van der Waals surface area contributed by atoms with Gasteiger partial charge < -0.3 is 10.1 Å². The van der Waals surface area contributed by atoms with Gasteiger partial charge in [-0.1, -0.05) is 0 Å². The average Bonchev–Trinajstić information content (AvgIpc) is 3.13. The second-order valence-corrected chi connectivity index (χ2v) is 8.28. The number of hydrogen-bond donors (Lipinski definition) is 1. The van der Waals surface area contributed by atoms with E-state index in [-0.39, 0.29) is 12.4 Å². The molecule has 3 rings (SSSR count). The molecule has 30 heavy (non-hydrogen) atoms. The molecular formula is C19H19BrF2N6O2. The maximum atomic E-state index is 13.7. The first-order valence-electron chi connectivity index (χ1n) is 8.92. The molecule has 1 N–H and O–H groups in total. The standard InChI is InChI=1S/C19H19BrF2N6O2/c1-19(2,3)30-18(29)26-15(6-11-4-12(21)7-13(22)5-11)16-14(20)8-24-17(27-16)28-10-23-9-25-28/h4-5,7-10,15H,6H2,1-3H3,(H,26,29). The number of rotatable bonds is 5. The van der Waals surface area contributed by atoms with Gasteiger partial charge in [-0.3, -0.25) is 0 Å². The Morgan fingerprint density at radius 3 is 2.57 bits per heavy atom. The van der Waals surface area contributed by atoms with Gasteiger partial charge in [-0.05, 0) is 60.8 Å². The van der Waals surface area contributed by atoms with Gasteiger partial charge in [-0.25, -0.2) is 28.5 Å². The summed E-state index contributed by atoms with van der Waals surface area (Å²) in [6.45, 7) is 5.19. The van der Waals surface area contributed by atoms with Gasteiger partial charge in [-0.2, -0.15) is 9.78 Å². The van der Waals surface area contributed by atoms with E-state index in [0.717, 1.165) is 6.07 Å². The third kappa shape index (κ3) is 5.78. The highest BCUT2D eigenvalue weighted by Crippen LogP contribution is 2.26. The van der Waals surface area contributed by atoms with Crippen LogP contribution in [-0.2, 0) is 11.2 Å². The van der Waals surface area contributed by atoms with Crippen LogP contribution < -0.4 is 5.32 Å². The van der Waals surface area contributed by atoms with Crippen LogP contribution in [0, 0.1) is 11.6 Å². The van der Waals surface area contributed by atoms with Gasteiger partial charge in [0, 0.05) is 12.3 Å². The Bertz CT molecular complexity index is 1020. The molecule has 0 aliphatic heterocycles. The molecule has 0 aliphatic rings. The van der Waals surface area contributed by atoms with E-state index < -0.39 is 29.4 Å². The number of nitrogens with one attached hydrogen (secondary N) is 1. The minimum absolute atomic E-state index is 0.0559. The molecule has 2 heterocycles. The zero-order valence-electron chi connectivity index (χ0n) is 16.4. The van der Waals surface area contributed by atoms with Crippen molar-refractivity contribution in [2.75, 3.05) is 0 Å². The van der Waals surface area contributed by atoms with E-state index in [2.05, 4.69) is 41.3 Å². The summed E-state index contributed by atoms with van der Waals surface area (Å²) >= 11 is 3.38. The molecule has 0 saturated carbocycles. The Morgan fingerprint density at radius 2 is 1.97 bits per heavy atom. The Kier molecular flexibility index (Phi) is 6.40. The van der Waals surface area contributed by atoms with Crippen molar-refractivity contribution < 1.29 is 18.3 Å². The molecule has 0 bridgehead atoms. The molecule has 0 radical (unpaired) electrons. The van der Waals surface area contributed by atoms with Crippen molar-refractivity contribution in [2.24, 2.45) is 0 Å². The van der Waals surface area contributed by atoms with Crippen LogP contribution in [0.1, 0.15) is 38.1 Å². The molecule has 1 atom stereocenters. The number of nitrogens with zero attached hydrogens (tertiary/aromatic N) is 5. The quantitative estimate of drug-likeness (QED) is 0.594. The molecule has 8 nitrogen and oxygen atoms in total. The highest BCUT2D eigenvalue weighted by Gasteiger charge is 2.25. The Labute approximate surface area is 179 Å². The fraction of sp³-hybridized carbons (Fsp3) is 0.316. The number of halogens is 3. The van der Waals surface area contributed by atoms with Crippen LogP contribution in [0.15, 0.2) is 41.5 Å². The number of hydrogen-bond acceptors (Lipinski definition) is 6. The number of carbonyl (C=O) groups excluding carboxylic acids is 1. The van der Waals surface area contributed by atoms with E-state index in [4.69, 9.17) is 4.74 Å². The fourth-order valence-electron chi connectivity index (χ4n) is 2.67. The number of aromatic nitrogens is 5. The summed E-state index contributed by atoms with van der Waals surface area (Å²) in [7, 11) is 0. The fourth-order valence-corrected chi connectivity index (χ4v) is 3.13. The highest BCUT2D eigenvalue weighted by atomic mass is 79.9. The summed E-state index contributed by atoms with van der Waals surface area (Å²) in [5.74, 6) is -1.22. The van der Waals surface area contributed by atoms with Crippen molar-refractivity contribution >= 4 is 22.0 Å². The van der Waals surface area contributed by atoms with E-state index in [9.17, 15) is 13.6 Å². The summed E-state index contributed by atoms with van der Waals surface area (Å²) in [5.41, 5.74) is -0.0126. The van der Waals surface area contributed by atoms with Crippen LogP contribution in [0.2, 0.25) is 0 Å². The van der Waals surface area contributed by atoms with Crippen LogP contribution in [0.3, 0.4) is 0 Å². The highest BCUT2D eigenvalue weighted by molar-refractivity contribution is 9.10. The molecule has 11 heteroatoms. The molecule has 0 aliphatic carbocycles. The number of alkyl carbamates (subject to hydrolysis) is 1. The van der Waals surface area contributed by atoms with Crippen molar-refractivity contribution in [3.63, 3.8) is 0 Å². The van der Waals surface area contributed by atoms with E-state index in [0.29, 0.717) is 15.7 Å². The van der Waals surface area contributed by atoms with E-state index in [1.807, 2.05) is 0 Å². The van der Waals surface area contributed by atoms with Crippen molar-refractivity contribution in [1.29, 1.82) is 0 Å². The maximum Gasteiger partial charge on any atom is 0.408 e. The number of carbonyl (C=O) groups is 1. The largest absolute Gasteiger partial charge is 0.444 e. The van der Waals surface area contributed by atoms with Crippen LogP contribution >= 0.6 is 15.9 Å². The molecule has 0 saturated heterocycles. The lowest BCUT2D eigenvalue weighted by molar-refractivity contribution is 0.0502. The van der Waals surface area contributed by atoms with Gasteiger partial charge in [-0.15, -0.1) is 0 Å². The zero-order chi connectivity index (χ0) is 21.9. The molecule has 1 unspecified atom stereocenters. The van der Waals surface area contributed by atoms with Crippen molar-refractivity contribution in [3.05, 3.63) is 64.4 Å². The minimum atomic E-state index is -0.777. The number of ether oxygens (including phenoxy) is 1. The topological polar surface area (TPSA) is 94.8 Å². The Morgan fingerprint density at radius 1 is 1.27 bits per heavy atom. The first-order chi connectivity index (χ1) is 14.1. The lowest BCUT2D eigenvalue weighted by Gasteiger charge is -2.24. The first kappa shape index (κ1) is 21.8. The summed E-state index contributed by atoms with van der Waals surface area (Å²) in [6.07, 6.45) is 3.61. The van der Waals surface area contributed by atoms with E-state index >= 15 is 0 Å². The van der Waals surface area contributed by atoms with Crippen LogP contribution in [0.5, 0.6) is 0 Å². The van der Waals surface area contributed by atoms with Gasteiger partial charge in [0.25, 0.3) is 5.95 Å². The van der Waals surface area contributed by atoms with Crippen molar-refractivity contribution in [3.8, 4) is 5.95 Å². The second kappa shape index (κ2) is 8.82. The van der Waals surface area contributed by atoms with Crippen molar-refractivity contribution in [2.45, 2.75) is 38.8 Å². The summed E-state index contributed by atoms with van der Waals surface area (Å²) in [5, 5.41) is 6.71. The number of benzene rings is 1. The van der Waals surface area contributed by atoms with Crippen LogP contribution in [0.4, 0.5) is 13.6 Å². The average molecular weight is 481 g/mol. The van der Waals surface area contributed by atoms with Crippen LogP contribution in [0.25, 0.3) is 5.95 Å². The third-order valence-corrected chi connectivity index (χ3v) is 4.38. The Balaban J connectivity index is 1.98. The van der Waals surface area contributed by atoms with Gasteiger partial charge in [0.1, 0.15) is 29.9 Å². The molecular weight excluding hydrogens is 462 g/mol. The lowest BCUT2D eigenvalue weighted by atomic mass is 10.0. The smallest absolute Gasteiger partial charge is 0.408 e. The minimum Gasteiger partial charge on any atom is -0.444 e. The zero-order valence-corrected chi connectivity index (χ0v) is 18.0. The maximum absolute atomic E-state index is 13.7. The summed E-state index contributed by atoms with van der Waals surface area (Å²) < 4.78 is 34.6. The molecule has 0 fully saturated rings. The number of amides is 1. The summed E-state index contributed by atoms with van der Waals surface area (Å²) in [4.78, 5) is 24.9. The summed E-state index contributed by atoms with van der Waals surface area (Å²) in [6, 6.07) is 2.39. The van der Waals surface area contributed by atoms with Crippen molar-refractivity contribution in [1.82, 2.24) is 30.0 Å². The monoisotopic (exact) mass is 480 g/mol. The molecule has 3 aromatic rings. The Hall–Kier alpha value is -2.95. The molecule has 158 valence electrons. The van der Waals surface area contributed by atoms with Gasteiger partial charge >= 0.3 is 6.09 Å². The van der Waals surface area contributed by atoms with Crippen LogP contribution in [-0.4, -0.2) is 36.4 Å². The second-order valence-electron chi connectivity index (χ2n) is 7.42. The molecule has 0 spiro atoms. The van der Waals surface area contributed by atoms with Gasteiger partial charge in [0.2, 0.25) is 0 Å². The lowest BCUT2D eigenvalue weighted by Crippen LogP contribution is -2.36. The first-order valence-corrected chi connectivity index (χ1v) is 9.72. The molecule has 1 aromatic carbocycles. The predicted molar refractivity (Wildman–Crippen MR) is 107 cm³/mol. The molecule has 2 aromatic heterocycles. The predicted octanol–water partition coefficient (Wildman–Crippen LogP) is 3.91. The van der Waals surface area contributed by atoms with E-state index in [1.54, 1.807) is 20.8 Å². The SMILES string of the molecule is CC(C)(C)OC(=O)NC(Cc1cc(F)cc(F)c1)c1nc(-n2cncn2)ncc1Br. The van der Waals surface area contributed by atoms with Gasteiger partial charge in [0.15, 0.2) is 0 Å². The van der Waals surface area contributed by atoms with E-state index in [1.165, 1.54) is 35.7 Å². The van der Waals surface area contributed by atoms with Gasteiger partial charge in [0.05, 0.1) is 16.2 Å². The third-order valence-electron chi connectivity index (χ3n) is 3.77. The normalized spacial score (nSPS) is 12.5. The molecule has 1 amide bonds.